The predicted octanol–water partition coefficient (Wildman–Crippen LogP) is 4.83. The molecule has 3 N–H and O–H groups in total. The van der Waals surface area contributed by atoms with Gasteiger partial charge in [-0.05, 0) is 36.8 Å². The minimum absolute atomic E-state index is 0.0332. The van der Waals surface area contributed by atoms with Crippen LogP contribution in [0.15, 0.2) is 47.9 Å². The van der Waals surface area contributed by atoms with Crippen LogP contribution in [0.25, 0.3) is 0 Å². The number of nitrogens with one attached hydrogen (secondary N) is 1. The number of ether oxygens (including phenoxy) is 3. The highest BCUT2D eigenvalue weighted by Crippen LogP contribution is 2.43. The highest BCUT2D eigenvalue weighted by molar-refractivity contribution is 6.34. The smallest absolute Gasteiger partial charge is 0.244 e. The van der Waals surface area contributed by atoms with Crippen molar-refractivity contribution >= 4 is 23.2 Å². The number of aromatic amines is 1. The molecule has 0 fully saturated rings. The molecule has 0 saturated carbocycles. The molecule has 1 aliphatic heterocycles. The third-order valence-corrected chi connectivity index (χ3v) is 5.59. The predicted molar refractivity (Wildman–Crippen MR) is 116 cm³/mol. The van der Waals surface area contributed by atoms with E-state index in [1.165, 1.54) is 0 Å². The summed E-state index contributed by atoms with van der Waals surface area (Å²) in [6.45, 7) is 2.05. The average molecular weight is 457 g/mol. The van der Waals surface area contributed by atoms with E-state index in [0.717, 1.165) is 22.4 Å². The Balaban J connectivity index is 1.74. The topological polar surface area (TPSA) is 106 Å². The molecule has 9 heteroatoms. The molecule has 1 aliphatic rings. The number of benzene rings is 2. The van der Waals surface area contributed by atoms with E-state index in [1.807, 2.05) is 25.1 Å². The molecule has 0 saturated heterocycles. The standard InChI is InChI=1S/C22H18Cl2N4O3/c1-11-19-20(15(9-25)21(26)31-22(19)28-27-11)12-3-6-17(29-2)13(7-12)10-30-18-8-14(23)4-5-16(18)24/h3-8,20H,10,26H2,1-2H3,(H,27,28)/t20-/m1/s1. The first kappa shape index (κ1) is 20.9. The van der Waals surface area contributed by atoms with Gasteiger partial charge in [0.1, 0.15) is 29.7 Å². The normalized spacial score (nSPS) is 15.1. The Morgan fingerprint density at radius 1 is 1.23 bits per heavy atom. The van der Waals surface area contributed by atoms with Crippen LogP contribution in [-0.4, -0.2) is 17.3 Å². The van der Waals surface area contributed by atoms with Gasteiger partial charge in [0.15, 0.2) is 0 Å². The molecule has 158 valence electrons. The van der Waals surface area contributed by atoms with Crippen molar-refractivity contribution in [3.8, 4) is 23.4 Å². The van der Waals surface area contributed by atoms with Crippen LogP contribution < -0.4 is 19.9 Å². The van der Waals surface area contributed by atoms with Gasteiger partial charge in [-0.1, -0.05) is 29.3 Å². The SMILES string of the molecule is COc1ccc([C@@H]2C(C#N)=C(N)Oc3n[nH]c(C)c32)cc1COc1cc(Cl)ccc1Cl. The van der Waals surface area contributed by atoms with Crippen molar-refractivity contribution in [2.24, 2.45) is 5.73 Å². The second kappa shape index (κ2) is 8.42. The zero-order chi connectivity index (χ0) is 22.1. The molecule has 7 nitrogen and oxygen atoms in total. The number of aromatic nitrogens is 2. The Bertz CT molecular complexity index is 1230. The minimum Gasteiger partial charge on any atom is -0.496 e. The fourth-order valence-electron chi connectivity index (χ4n) is 3.57. The van der Waals surface area contributed by atoms with Crippen LogP contribution in [0.2, 0.25) is 10.0 Å². The third kappa shape index (κ3) is 3.88. The van der Waals surface area contributed by atoms with E-state index in [0.29, 0.717) is 33.0 Å². The molecule has 1 atom stereocenters. The summed E-state index contributed by atoms with van der Waals surface area (Å²) in [5.74, 6) is 1.05. The number of nitrogens with zero attached hydrogens (tertiary/aromatic N) is 2. The summed E-state index contributed by atoms with van der Waals surface area (Å²) in [6, 6.07) is 12.8. The Hall–Kier alpha value is -3.34. The quantitative estimate of drug-likeness (QED) is 0.569. The van der Waals surface area contributed by atoms with Crippen molar-refractivity contribution in [2.75, 3.05) is 7.11 Å². The third-order valence-electron chi connectivity index (χ3n) is 5.04. The monoisotopic (exact) mass is 456 g/mol. The van der Waals surface area contributed by atoms with Crippen LogP contribution in [0.4, 0.5) is 0 Å². The zero-order valence-corrected chi connectivity index (χ0v) is 18.2. The lowest BCUT2D eigenvalue weighted by atomic mass is 9.83. The lowest BCUT2D eigenvalue weighted by Gasteiger charge is -2.24. The number of fused-ring (bicyclic) bond motifs is 1. The molecule has 0 spiro atoms. The zero-order valence-electron chi connectivity index (χ0n) is 16.7. The van der Waals surface area contributed by atoms with Crippen molar-refractivity contribution in [3.63, 3.8) is 0 Å². The molecule has 0 radical (unpaired) electrons. The summed E-state index contributed by atoms with van der Waals surface area (Å²) in [5.41, 5.74) is 9.46. The van der Waals surface area contributed by atoms with Gasteiger partial charge in [-0.2, -0.15) is 5.26 Å². The van der Waals surface area contributed by atoms with E-state index in [2.05, 4.69) is 16.3 Å². The Labute approximate surface area is 188 Å². The summed E-state index contributed by atoms with van der Waals surface area (Å²) < 4.78 is 16.9. The molecule has 3 aromatic rings. The Morgan fingerprint density at radius 3 is 2.77 bits per heavy atom. The first-order valence-electron chi connectivity index (χ1n) is 9.30. The van der Waals surface area contributed by atoms with Crippen molar-refractivity contribution in [2.45, 2.75) is 19.4 Å². The first-order valence-corrected chi connectivity index (χ1v) is 10.1. The lowest BCUT2D eigenvalue weighted by molar-refractivity contribution is 0.296. The Kier molecular flexibility index (Phi) is 5.68. The fourth-order valence-corrected chi connectivity index (χ4v) is 3.90. The van der Waals surface area contributed by atoms with Crippen LogP contribution >= 0.6 is 23.2 Å². The van der Waals surface area contributed by atoms with Gasteiger partial charge in [0.2, 0.25) is 11.8 Å². The van der Waals surface area contributed by atoms with E-state index in [4.69, 9.17) is 43.1 Å². The summed E-state index contributed by atoms with van der Waals surface area (Å²) in [5, 5.41) is 17.8. The number of methoxy groups -OCH3 is 1. The molecule has 31 heavy (non-hydrogen) atoms. The summed E-state index contributed by atoms with van der Waals surface area (Å²) in [4.78, 5) is 0. The maximum absolute atomic E-state index is 9.75. The number of hydrogen-bond acceptors (Lipinski definition) is 6. The van der Waals surface area contributed by atoms with E-state index < -0.39 is 5.92 Å². The highest BCUT2D eigenvalue weighted by Gasteiger charge is 2.34. The number of aryl methyl sites for hydroxylation is 1. The van der Waals surface area contributed by atoms with Crippen LogP contribution in [0, 0.1) is 18.3 Å². The number of halogens is 2. The lowest BCUT2D eigenvalue weighted by Crippen LogP contribution is -2.21. The van der Waals surface area contributed by atoms with Crippen molar-refractivity contribution in [1.82, 2.24) is 10.2 Å². The molecule has 0 bridgehead atoms. The van der Waals surface area contributed by atoms with E-state index >= 15 is 0 Å². The van der Waals surface area contributed by atoms with Gasteiger partial charge in [-0.15, -0.1) is 5.10 Å². The maximum Gasteiger partial charge on any atom is 0.244 e. The summed E-state index contributed by atoms with van der Waals surface area (Å²) in [7, 11) is 1.58. The maximum atomic E-state index is 9.75. The molecule has 2 aromatic carbocycles. The Morgan fingerprint density at radius 2 is 2.03 bits per heavy atom. The van der Waals surface area contributed by atoms with E-state index in [9.17, 15) is 5.26 Å². The van der Waals surface area contributed by atoms with Crippen LogP contribution in [0.5, 0.6) is 17.4 Å². The second-order valence-corrected chi connectivity index (χ2v) is 7.77. The van der Waals surface area contributed by atoms with Crippen molar-refractivity contribution in [3.05, 3.63) is 80.3 Å². The summed E-state index contributed by atoms with van der Waals surface area (Å²) in [6.07, 6.45) is 0. The van der Waals surface area contributed by atoms with Gasteiger partial charge in [-0.3, -0.25) is 5.10 Å². The number of nitriles is 1. The largest absolute Gasteiger partial charge is 0.496 e. The average Bonchev–Trinajstić information content (AvgIpc) is 3.13. The molecule has 2 heterocycles. The van der Waals surface area contributed by atoms with Gasteiger partial charge in [0.25, 0.3) is 0 Å². The summed E-state index contributed by atoms with van der Waals surface area (Å²) >= 11 is 12.3. The number of H-pyrrole nitrogens is 1. The second-order valence-electron chi connectivity index (χ2n) is 6.93. The van der Waals surface area contributed by atoms with Crippen molar-refractivity contribution in [1.29, 1.82) is 5.26 Å². The first-order chi connectivity index (χ1) is 14.9. The molecule has 0 unspecified atom stereocenters. The van der Waals surface area contributed by atoms with Crippen LogP contribution in [-0.2, 0) is 6.61 Å². The van der Waals surface area contributed by atoms with Gasteiger partial charge in [0.05, 0.1) is 18.1 Å². The van der Waals surface area contributed by atoms with Gasteiger partial charge in [-0.25, -0.2) is 0 Å². The van der Waals surface area contributed by atoms with E-state index in [-0.39, 0.29) is 12.5 Å². The molecule has 1 aromatic heterocycles. The number of hydrogen-bond donors (Lipinski definition) is 2. The molecular weight excluding hydrogens is 439 g/mol. The fraction of sp³-hybridized carbons (Fsp3) is 0.182. The molecule has 4 rings (SSSR count). The van der Waals surface area contributed by atoms with Crippen molar-refractivity contribution < 1.29 is 14.2 Å². The number of allylic oxidation sites excluding steroid dienone is 1. The number of nitrogens with two attached hydrogens (primary N) is 1. The van der Waals surface area contributed by atoms with Gasteiger partial charge < -0.3 is 19.9 Å². The van der Waals surface area contributed by atoms with Crippen LogP contribution in [0.3, 0.4) is 0 Å². The minimum atomic E-state index is -0.438. The van der Waals surface area contributed by atoms with Crippen LogP contribution in [0.1, 0.15) is 28.3 Å². The highest BCUT2D eigenvalue weighted by atomic mass is 35.5. The van der Waals surface area contributed by atoms with E-state index in [1.54, 1.807) is 25.3 Å². The molecular formula is C22H18Cl2N4O3. The van der Waals surface area contributed by atoms with Gasteiger partial charge in [0, 0.05) is 27.9 Å². The molecule has 0 amide bonds. The number of rotatable bonds is 5. The van der Waals surface area contributed by atoms with Gasteiger partial charge >= 0.3 is 0 Å². The molecule has 0 aliphatic carbocycles.